The Kier molecular flexibility index (Phi) is 5.51. The summed E-state index contributed by atoms with van der Waals surface area (Å²) < 4.78 is 28.5. The van der Waals surface area contributed by atoms with E-state index in [1.807, 2.05) is 6.92 Å². The van der Waals surface area contributed by atoms with Gasteiger partial charge in [0.05, 0.1) is 11.4 Å². The number of aliphatic hydroxyl groups is 1. The van der Waals surface area contributed by atoms with Gasteiger partial charge in [-0.15, -0.1) is 0 Å². The number of nitrogens with one attached hydrogen (secondary N) is 1. The zero-order chi connectivity index (χ0) is 14.6. The molecular formula is C12H23N3O3S. The van der Waals surface area contributed by atoms with Crippen molar-refractivity contribution < 1.29 is 13.5 Å². The maximum atomic E-state index is 12.2. The average molecular weight is 289 g/mol. The van der Waals surface area contributed by atoms with E-state index in [-0.39, 0.29) is 17.4 Å². The molecule has 6 nitrogen and oxygen atoms in total. The highest BCUT2D eigenvalue weighted by Crippen LogP contribution is 2.18. The van der Waals surface area contributed by atoms with Crippen LogP contribution in [0.25, 0.3) is 0 Å². The van der Waals surface area contributed by atoms with E-state index in [1.165, 1.54) is 0 Å². The molecule has 1 heterocycles. The molecule has 0 amide bonds. The van der Waals surface area contributed by atoms with Gasteiger partial charge < -0.3 is 5.11 Å². The molecule has 2 N–H and O–H groups in total. The van der Waals surface area contributed by atoms with Gasteiger partial charge in [-0.2, -0.15) is 5.10 Å². The highest BCUT2D eigenvalue weighted by molar-refractivity contribution is 7.89. The summed E-state index contributed by atoms with van der Waals surface area (Å²) in [6, 6.07) is 0. The summed E-state index contributed by atoms with van der Waals surface area (Å²) >= 11 is 0. The van der Waals surface area contributed by atoms with Gasteiger partial charge in [0.25, 0.3) is 0 Å². The number of sulfonamides is 1. The highest BCUT2D eigenvalue weighted by atomic mass is 32.2. The Bertz CT molecular complexity index is 523. The van der Waals surface area contributed by atoms with Gasteiger partial charge in [-0.25, -0.2) is 13.1 Å². The van der Waals surface area contributed by atoms with Gasteiger partial charge in [-0.3, -0.25) is 4.68 Å². The van der Waals surface area contributed by atoms with Gasteiger partial charge in [-0.05, 0) is 32.6 Å². The van der Waals surface area contributed by atoms with Gasteiger partial charge in [-0.1, -0.05) is 6.92 Å². The molecule has 0 aliphatic carbocycles. The van der Waals surface area contributed by atoms with Crippen molar-refractivity contribution in [2.24, 2.45) is 13.0 Å². The third-order valence-corrected chi connectivity index (χ3v) is 4.90. The summed E-state index contributed by atoms with van der Waals surface area (Å²) in [4.78, 5) is 0.269. The summed E-state index contributed by atoms with van der Waals surface area (Å²) in [5, 5.41) is 13.0. The van der Waals surface area contributed by atoms with E-state index in [1.54, 1.807) is 25.6 Å². The molecule has 0 saturated heterocycles. The Morgan fingerprint density at radius 3 is 2.53 bits per heavy atom. The first-order chi connectivity index (χ1) is 8.79. The van der Waals surface area contributed by atoms with Crippen LogP contribution in [0.2, 0.25) is 0 Å². The summed E-state index contributed by atoms with van der Waals surface area (Å²) in [5.41, 5.74) is 1.14. The molecule has 0 saturated carbocycles. The summed E-state index contributed by atoms with van der Waals surface area (Å²) in [5.74, 6) is 0.200. The van der Waals surface area contributed by atoms with E-state index in [4.69, 9.17) is 5.11 Å². The lowest BCUT2D eigenvalue weighted by Crippen LogP contribution is -2.26. The first-order valence-electron chi connectivity index (χ1n) is 6.40. The zero-order valence-corrected chi connectivity index (χ0v) is 12.8. The van der Waals surface area contributed by atoms with Crippen LogP contribution in [0, 0.1) is 19.8 Å². The fourth-order valence-electron chi connectivity index (χ4n) is 1.96. The molecule has 0 bridgehead atoms. The molecule has 0 radical (unpaired) electrons. The first kappa shape index (κ1) is 16.1. The summed E-state index contributed by atoms with van der Waals surface area (Å²) in [7, 11) is -1.77. The van der Waals surface area contributed by atoms with Crippen LogP contribution >= 0.6 is 0 Å². The van der Waals surface area contributed by atoms with Crippen LogP contribution in [-0.2, 0) is 17.1 Å². The fourth-order valence-corrected chi connectivity index (χ4v) is 3.47. The molecule has 0 aliphatic heterocycles. The normalized spacial score (nSPS) is 13.7. The van der Waals surface area contributed by atoms with Crippen molar-refractivity contribution in [1.29, 1.82) is 0 Å². The fraction of sp³-hybridized carbons (Fsp3) is 0.750. The molecule has 1 aromatic rings. The summed E-state index contributed by atoms with van der Waals surface area (Å²) in [6.07, 6.45) is 1.50. The second-order valence-electron chi connectivity index (χ2n) is 4.95. The van der Waals surface area contributed by atoms with Crippen LogP contribution in [-0.4, -0.2) is 36.5 Å². The third-order valence-electron chi connectivity index (χ3n) is 3.19. The zero-order valence-electron chi connectivity index (χ0n) is 12.0. The molecule has 19 heavy (non-hydrogen) atoms. The van der Waals surface area contributed by atoms with E-state index >= 15 is 0 Å². The van der Waals surface area contributed by atoms with Gasteiger partial charge in [0, 0.05) is 20.2 Å². The van der Waals surface area contributed by atoms with Gasteiger partial charge >= 0.3 is 0 Å². The van der Waals surface area contributed by atoms with Crippen LogP contribution in [0.3, 0.4) is 0 Å². The minimum atomic E-state index is -3.50. The van der Waals surface area contributed by atoms with Gasteiger partial charge in [0.2, 0.25) is 10.0 Å². The molecule has 1 unspecified atom stereocenters. The van der Waals surface area contributed by atoms with Crippen LogP contribution in [0.5, 0.6) is 0 Å². The van der Waals surface area contributed by atoms with Crippen LogP contribution in [0.1, 0.15) is 31.2 Å². The lowest BCUT2D eigenvalue weighted by Gasteiger charge is -2.09. The molecule has 0 fully saturated rings. The van der Waals surface area contributed by atoms with Crippen molar-refractivity contribution in [3.8, 4) is 0 Å². The maximum Gasteiger partial charge on any atom is 0.244 e. The number of aliphatic hydroxyl groups excluding tert-OH is 1. The number of aryl methyl sites for hydroxylation is 2. The molecule has 1 atom stereocenters. The minimum absolute atomic E-state index is 0.133. The molecular weight excluding hydrogens is 266 g/mol. The molecule has 1 rings (SSSR count). The molecule has 0 aromatic carbocycles. The topological polar surface area (TPSA) is 84.2 Å². The highest BCUT2D eigenvalue weighted by Gasteiger charge is 2.23. The SMILES string of the molecule is Cc1nn(C)c(C)c1S(=O)(=O)NCCCC(C)CO. The Morgan fingerprint density at radius 1 is 1.42 bits per heavy atom. The van der Waals surface area contributed by atoms with Crippen molar-refractivity contribution in [3.63, 3.8) is 0 Å². The van der Waals surface area contributed by atoms with Crippen LogP contribution in [0.15, 0.2) is 4.90 Å². The van der Waals surface area contributed by atoms with Crippen molar-refractivity contribution >= 4 is 10.0 Å². The van der Waals surface area contributed by atoms with E-state index in [9.17, 15) is 8.42 Å². The number of hydrogen-bond donors (Lipinski definition) is 2. The molecule has 7 heteroatoms. The minimum Gasteiger partial charge on any atom is -0.396 e. The standard InChI is InChI=1S/C12H23N3O3S/c1-9(8-16)6-5-7-13-19(17,18)12-10(2)14-15(4)11(12)3/h9,13,16H,5-8H2,1-4H3. The number of rotatable bonds is 7. The average Bonchev–Trinajstić information content (AvgIpc) is 2.59. The Labute approximate surface area is 114 Å². The second kappa shape index (κ2) is 6.49. The van der Waals surface area contributed by atoms with Crippen LogP contribution < -0.4 is 4.72 Å². The Morgan fingerprint density at radius 2 is 2.05 bits per heavy atom. The number of nitrogens with zero attached hydrogens (tertiary/aromatic N) is 2. The Balaban J connectivity index is 2.67. The lowest BCUT2D eigenvalue weighted by atomic mass is 10.1. The van der Waals surface area contributed by atoms with Gasteiger partial charge in [0.1, 0.15) is 4.90 Å². The second-order valence-corrected chi connectivity index (χ2v) is 6.66. The molecule has 1 aromatic heterocycles. The third kappa shape index (κ3) is 4.02. The van der Waals surface area contributed by atoms with E-state index < -0.39 is 10.0 Å². The van der Waals surface area contributed by atoms with Crippen molar-refractivity contribution in [3.05, 3.63) is 11.4 Å². The molecule has 0 aliphatic rings. The van der Waals surface area contributed by atoms with E-state index in [0.29, 0.717) is 24.4 Å². The first-order valence-corrected chi connectivity index (χ1v) is 7.88. The number of aromatic nitrogens is 2. The smallest absolute Gasteiger partial charge is 0.244 e. The quantitative estimate of drug-likeness (QED) is 0.725. The Hall–Kier alpha value is -0.920. The maximum absolute atomic E-state index is 12.2. The van der Waals surface area contributed by atoms with Crippen molar-refractivity contribution in [1.82, 2.24) is 14.5 Å². The summed E-state index contributed by atoms with van der Waals surface area (Å²) in [6.45, 7) is 5.87. The van der Waals surface area contributed by atoms with Crippen LogP contribution in [0.4, 0.5) is 0 Å². The molecule has 110 valence electrons. The monoisotopic (exact) mass is 289 g/mol. The van der Waals surface area contributed by atoms with Gasteiger partial charge in [0.15, 0.2) is 0 Å². The lowest BCUT2D eigenvalue weighted by molar-refractivity contribution is 0.228. The molecule has 0 spiro atoms. The van der Waals surface area contributed by atoms with Crippen molar-refractivity contribution in [2.45, 2.75) is 38.5 Å². The predicted molar refractivity (Wildman–Crippen MR) is 73.4 cm³/mol. The van der Waals surface area contributed by atoms with Crippen molar-refractivity contribution in [2.75, 3.05) is 13.2 Å². The predicted octanol–water partition coefficient (Wildman–Crippen LogP) is 0.724. The largest absolute Gasteiger partial charge is 0.396 e. The number of hydrogen-bond acceptors (Lipinski definition) is 4. The van der Waals surface area contributed by atoms with E-state index in [2.05, 4.69) is 9.82 Å². The van der Waals surface area contributed by atoms with E-state index in [0.717, 1.165) is 6.42 Å².